The summed E-state index contributed by atoms with van der Waals surface area (Å²) in [5.74, 6) is 0.839. The van der Waals surface area contributed by atoms with Gasteiger partial charge < -0.3 is 5.32 Å². The summed E-state index contributed by atoms with van der Waals surface area (Å²) in [6.45, 7) is 0. The van der Waals surface area contributed by atoms with Crippen molar-refractivity contribution in [3.8, 4) is 5.82 Å². The molecule has 0 fully saturated rings. The molecule has 0 bridgehead atoms. The fourth-order valence-electron chi connectivity index (χ4n) is 1.28. The van der Waals surface area contributed by atoms with E-state index in [1.165, 1.54) is 16.8 Å². The van der Waals surface area contributed by atoms with Crippen LogP contribution in [0.15, 0.2) is 24.5 Å². The maximum atomic E-state index is 10.8. The lowest BCUT2D eigenvalue weighted by molar-refractivity contribution is -0.384. The molecule has 2 aromatic rings. The molecule has 0 atom stereocenters. The Bertz CT molecular complexity index is 568. The first-order valence-corrected chi connectivity index (χ1v) is 5.73. The highest BCUT2D eigenvalue weighted by Crippen LogP contribution is 2.19. The lowest BCUT2D eigenvalue weighted by Crippen LogP contribution is -2.03. The number of anilines is 1. The van der Waals surface area contributed by atoms with Crippen molar-refractivity contribution in [3.63, 3.8) is 0 Å². The molecule has 2 rings (SSSR count). The third-order valence-electron chi connectivity index (χ3n) is 2.05. The average Bonchev–Trinajstić information content (AvgIpc) is 2.75. The zero-order valence-electron chi connectivity index (χ0n) is 8.79. The number of nitrogens with zero attached hydrogens (tertiary/aromatic N) is 4. The number of nitrogens with one attached hydrogen (secondary N) is 1. The summed E-state index contributed by atoms with van der Waals surface area (Å²) in [6, 6.07) is 2.75. The van der Waals surface area contributed by atoms with Gasteiger partial charge in [0.2, 0.25) is 0 Å². The van der Waals surface area contributed by atoms with Gasteiger partial charge in [-0.25, -0.2) is 9.67 Å². The molecule has 2 aromatic heterocycles. The monoisotopic (exact) mass is 345 g/mol. The van der Waals surface area contributed by atoms with Crippen LogP contribution in [0.5, 0.6) is 0 Å². The molecule has 0 aliphatic heterocycles. The van der Waals surface area contributed by atoms with Crippen molar-refractivity contribution in [2.75, 3.05) is 12.4 Å². The van der Waals surface area contributed by atoms with E-state index in [-0.39, 0.29) is 5.69 Å². The molecule has 0 saturated heterocycles. The number of aromatic nitrogens is 3. The van der Waals surface area contributed by atoms with Gasteiger partial charge in [-0.15, -0.1) is 0 Å². The van der Waals surface area contributed by atoms with E-state index >= 15 is 0 Å². The third kappa shape index (κ3) is 2.52. The molecule has 0 aliphatic rings. The van der Waals surface area contributed by atoms with Crippen molar-refractivity contribution in [2.24, 2.45) is 0 Å². The molecule has 88 valence electrons. The average molecular weight is 345 g/mol. The molecule has 0 radical (unpaired) electrons. The third-order valence-corrected chi connectivity index (χ3v) is 2.61. The van der Waals surface area contributed by atoms with Crippen LogP contribution in [0, 0.1) is 13.7 Å². The van der Waals surface area contributed by atoms with Gasteiger partial charge in [0.05, 0.1) is 26.8 Å². The highest BCUT2D eigenvalue weighted by atomic mass is 127. The first-order chi connectivity index (χ1) is 8.10. The Balaban J connectivity index is 2.53. The van der Waals surface area contributed by atoms with Crippen LogP contribution >= 0.6 is 22.6 Å². The van der Waals surface area contributed by atoms with E-state index in [2.05, 4.69) is 38.0 Å². The summed E-state index contributed by atoms with van der Waals surface area (Å²) in [7, 11) is 1.66. The normalized spacial score (nSPS) is 10.2. The van der Waals surface area contributed by atoms with Crippen molar-refractivity contribution < 1.29 is 4.92 Å². The number of nitro groups is 1. The maximum Gasteiger partial charge on any atom is 0.276 e. The molecular weight excluding hydrogens is 337 g/mol. The van der Waals surface area contributed by atoms with Crippen LogP contribution in [-0.2, 0) is 0 Å². The van der Waals surface area contributed by atoms with Crippen LogP contribution in [0.4, 0.5) is 11.5 Å². The minimum atomic E-state index is -0.458. The minimum Gasteiger partial charge on any atom is -0.373 e. The fourth-order valence-corrected chi connectivity index (χ4v) is 1.67. The van der Waals surface area contributed by atoms with Gasteiger partial charge in [-0.05, 0) is 22.6 Å². The summed E-state index contributed by atoms with van der Waals surface area (Å²) in [5.41, 5.74) is -0.0233. The molecule has 17 heavy (non-hydrogen) atoms. The number of pyridine rings is 1. The standard InChI is InChI=1S/C9H8IN5O2/c1-11-8-2-7(15(16)17)3-9(13-8)14-5-6(10)4-12-14/h2-5H,1H3,(H,11,13). The van der Waals surface area contributed by atoms with E-state index in [9.17, 15) is 10.1 Å². The highest BCUT2D eigenvalue weighted by Gasteiger charge is 2.12. The van der Waals surface area contributed by atoms with Crippen LogP contribution in [0.25, 0.3) is 5.82 Å². The van der Waals surface area contributed by atoms with Crippen LogP contribution in [0.1, 0.15) is 0 Å². The van der Waals surface area contributed by atoms with Crippen LogP contribution in [-0.4, -0.2) is 26.7 Å². The molecule has 0 saturated carbocycles. The zero-order valence-corrected chi connectivity index (χ0v) is 11.0. The van der Waals surface area contributed by atoms with E-state index in [4.69, 9.17) is 0 Å². The summed E-state index contributed by atoms with van der Waals surface area (Å²) in [4.78, 5) is 14.5. The quantitative estimate of drug-likeness (QED) is 0.521. The Morgan fingerprint density at radius 3 is 2.82 bits per heavy atom. The number of hydrogen-bond acceptors (Lipinski definition) is 5. The summed E-state index contributed by atoms with van der Waals surface area (Å²) in [5, 5.41) is 17.6. The molecule has 0 spiro atoms. The van der Waals surface area contributed by atoms with Crippen molar-refractivity contribution in [1.29, 1.82) is 0 Å². The molecule has 8 heteroatoms. The Morgan fingerprint density at radius 2 is 2.29 bits per heavy atom. The van der Waals surface area contributed by atoms with Gasteiger partial charge in [-0.3, -0.25) is 10.1 Å². The second kappa shape index (κ2) is 4.65. The topological polar surface area (TPSA) is 85.9 Å². The Labute approximate surface area is 110 Å². The maximum absolute atomic E-state index is 10.8. The van der Waals surface area contributed by atoms with E-state index in [1.807, 2.05) is 0 Å². The second-order valence-corrected chi connectivity index (χ2v) is 4.42. The predicted octanol–water partition coefficient (Wildman–Crippen LogP) is 1.82. The van der Waals surface area contributed by atoms with Crippen molar-refractivity contribution in [1.82, 2.24) is 14.8 Å². The molecule has 2 heterocycles. The lowest BCUT2D eigenvalue weighted by Gasteiger charge is -2.04. The first-order valence-electron chi connectivity index (χ1n) is 4.65. The van der Waals surface area contributed by atoms with E-state index in [1.54, 1.807) is 19.4 Å². The number of halogens is 1. The van der Waals surface area contributed by atoms with Gasteiger partial charge in [0.25, 0.3) is 5.69 Å². The van der Waals surface area contributed by atoms with E-state index < -0.39 is 4.92 Å². The highest BCUT2D eigenvalue weighted by molar-refractivity contribution is 14.1. The van der Waals surface area contributed by atoms with Gasteiger partial charge in [-0.2, -0.15) is 5.10 Å². The predicted molar refractivity (Wildman–Crippen MR) is 70.3 cm³/mol. The molecule has 1 N–H and O–H groups in total. The Hall–Kier alpha value is -1.71. The van der Waals surface area contributed by atoms with E-state index in [0.717, 1.165) is 3.57 Å². The van der Waals surface area contributed by atoms with Crippen LogP contribution < -0.4 is 5.32 Å². The van der Waals surface area contributed by atoms with Crippen molar-refractivity contribution >= 4 is 34.1 Å². The van der Waals surface area contributed by atoms with Crippen LogP contribution in [0.3, 0.4) is 0 Å². The molecule has 0 unspecified atom stereocenters. The molecule has 0 aliphatic carbocycles. The van der Waals surface area contributed by atoms with Crippen molar-refractivity contribution in [2.45, 2.75) is 0 Å². The number of hydrogen-bond donors (Lipinski definition) is 1. The van der Waals surface area contributed by atoms with Crippen LogP contribution in [0.2, 0.25) is 0 Å². The zero-order chi connectivity index (χ0) is 12.4. The van der Waals surface area contributed by atoms with Crippen molar-refractivity contribution in [3.05, 3.63) is 38.2 Å². The fraction of sp³-hybridized carbons (Fsp3) is 0.111. The summed E-state index contributed by atoms with van der Waals surface area (Å²) in [6.07, 6.45) is 3.40. The summed E-state index contributed by atoms with van der Waals surface area (Å²) >= 11 is 2.11. The SMILES string of the molecule is CNc1cc([N+](=O)[O-])cc(-n2cc(I)cn2)n1. The van der Waals surface area contributed by atoms with Gasteiger partial charge in [0.15, 0.2) is 5.82 Å². The number of rotatable bonds is 3. The molecule has 7 nitrogen and oxygen atoms in total. The second-order valence-electron chi connectivity index (χ2n) is 3.18. The minimum absolute atomic E-state index is 0.0233. The first kappa shape index (κ1) is 11.8. The van der Waals surface area contributed by atoms with Gasteiger partial charge in [0, 0.05) is 13.2 Å². The molecule has 0 aromatic carbocycles. The van der Waals surface area contributed by atoms with Gasteiger partial charge in [0.1, 0.15) is 5.82 Å². The van der Waals surface area contributed by atoms with Gasteiger partial charge in [-0.1, -0.05) is 0 Å². The largest absolute Gasteiger partial charge is 0.373 e. The smallest absolute Gasteiger partial charge is 0.276 e. The molecule has 0 amide bonds. The van der Waals surface area contributed by atoms with Gasteiger partial charge >= 0.3 is 0 Å². The summed E-state index contributed by atoms with van der Waals surface area (Å²) < 4.78 is 2.43. The Kier molecular flexibility index (Phi) is 3.22. The van der Waals surface area contributed by atoms with E-state index in [0.29, 0.717) is 11.6 Å². The lowest BCUT2D eigenvalue weighted by atomic mass is 10.3. The Morgan fingerprint density at radius 1 is 1.53 bits per heavy atom. The molecular formula is C9H8IN5O2.